The van der Waals surface area contributed by atoms with Crippen molar-refractivity contribution in [2.24, 2.45) is 5.41 Å². The topological polar surface area (TPSA) is 60.0 Å². The van der Waals surface area contributed by atoms with Crippen LogP contribution < -0.4 is 5.32 Å². The first-order valence-corrected chi connectivity index (χ1v) is 14.2. The smallest absolute Gasteiger partial charge is 0.327 e. The molecule has 0 fully saturated rings. The number of nitrogens with two attached hydrogens (primary N) is 1. The summed E-state index contributed by atoms with van der Waals surface area (Å²) in [6.45, 7) is 7.44. The van der Waals surface area contributed by atoms with E-state index < -0.39 is 5.41 Å². The number of carbonyl (C=O) groups is 2. The molecule has 0 radical (unpaired) electrons. The standard InChI is InChI=1S/C25H48INO3/c1-4-6-8-10-11-14-18-22-30-24(29)25(3,19-15-12-13-16-20-26)23(28)27-21-17-9-7-5-2/h4-22H2,1-3H3,(H,27,28)/p+1. The summed E-state index contributed by atoms with van der Waals surface area (Å²) in [6, 6.07) is 0. The van der Waals surface area contributed by atoms with Crippen LogP contribution in [0.4, 0.5) is 0 Å². The van der Waals surface area contributed by atoms with E-state index in [2.05, 4.69) is 36.4 Å². The predicted octanol–water partition coefficient (Wildman–Crippen LogP) is 6.34. The van der Waals surface area contributed by atoms with Crippen molar-refractivity contribution < 1.29 is 19.6 Å². The zero-order valence-corrected chi connectivity index (χ0v) is 22.3. The number of carbonyl (C=O) groups excluding carboxylic acids is 2. The first-order valence-electron chi connectivity index (χ1n) is 12.6. The van der Waals surface area contributed by atoms with Crippen LogP contribution in [0, 0.1) is 5.41 Å². The number of amides is 1. The second-order valence-electron chi connectivity index (χ2n) is 8.86. The summed E-state index contributed by atoms with van der Waals surface area (Å²) in [6.07, 6.45) is 17.9. The number of hydrogen-bond acceptors (Lipinski definition) is 3. The Hall–Kier alpha value is -0.170. The average molecular weight is 539 g/mol. The highest BCUT2D eigenvalue weighted by atomic mass is 127. The summed E-state index contributed by atoms with van der Waals surface area (Å²) in [5.41, 5.74) is -1.00. The maximum Gasteiger partial charge on any atom is 0.327 e. The van der Waals surface area contributed by atoms with Gasteiger partial charge < -0.3 is 4.74 Å². The van der Waals surface area contributed by atoms with Gasteiger partial charge in [-0.05, 0) is 43.5 Å². The van der Waals surface area contributed by atoms with Crippen LogP contribution >= 0.6 is 22.6 Å². The molecule has 0 rings (SSSR count). The summed E-state index contributed by atoms with van der Waals surface area (Å²) >= 11 is 2.40. The predicted molar refractivity (Wildman–Crippen MR) is 135 cm³/mol. The molecular weight excluding hydrogens is 489 g/mol. The van der Waals surface area contributed by atoms with Crippen molar-refractivity contribution in [1.29, 1.82) is 0 Å². The molecule has 0 spiro atoms. The lowest BCUT2D eigenvalue weighted by Gasteiger charge is -2.23. The third-order valence-electron chi connectivity index (χ3n) is 5.92. The molecule has 30 heavy (non-hydrogen) atoms. The van der Waals surface area contributed by atoms with Gasteiger partial charge >= 0.3 is 11.9 Å². The van der Waals surface area contributed by atoms with Crippen LogP contribution in [0.1, 0.15) is 124 Å². The number of quaternary nitrogens is 1. The highest BCUT2D eigenvalue weighted by Crippen LogP contribution is 2.26. The zero-order valence-electron chi connectivity index (χ0n) is 20.1. The molecule has 0 aromatic rings. The van der Waals surface area contributed by atoms with Crippen molar-refractivity contribution in [3.8, 4) is 0 Å². The minimum atomic E-state index is -1.00. The molecule has 0 aromatic heterocycles. The third kappa shape index (κ3) is 14.8. The van der Waals surface area contributed by atoms with Crippen molar-refractivity contribution in [3.05, 3.63) is 0 Å². The molecule has 2 N–H and O–H groups in total. The summed E-state index contributed by atoms with van der Waals surface area (Å²) in [4.78, 5) is 25.8. The van der Waals surface area contributed by atoms with Gasteiger partial charge in [0.05, 0.1) is 13.2 Å². The molecular formula is C25H49INO3+. The number of hydrogen-bond donors (Lipinski definition) is 1. The van der Waals surface area contributed by atoms with E-state index in [1.807, 2.05) is 6.92 Å². The molecule has 1 amide bonds. The van der Waals surface area contributed by atoms with Gasteiger partial charge in [0.1, 0.15) is 0 Å². The molecule has 0 saturated heterocycles. The Morgan fingerprint density at radius 2 is 1.30 bits per heavy atom. The van der Waals surface area contributed by atoms with Gasteiger partial charge in [-0.1, -0.05) is 107 Å². The van der Waals surface area contributed by atoms with E-state index in [9.17, 15) is 9.59 Å². The third-order valence-corrected chi connectivity index (χ3v) is 6.69. The summed E-state index contributed by atoms with van der Waals surface area (Å²) < 4.78 is 6.76. The molecule has 0 aliphatic heterocycles. The van der Waals surface area contributed by atoms with Crippen molar-refractivity contribution in [2.45, 2.75) is 124 Å². The first kappa shape index (κ1) is 29.8. The number of esters is 1. The Kier molecular flexibility index (Phi) is 20.6. The van der Waals surface area contributed by atoms with Gasteiger partial charge in [0.25, 0.3) is 0 Å². The van der Waals surface area contributed by atoms with Crippen LogP contribution in [0.25, 0.3) is 0 Å². The molecule has 0 aromatic carbocycles. The average Bonchev–Trinajstić information content (AvgIpc) is 2.74. The van der Waals surface area contributed by atoms with E-state index in [0.717, 1.165) is 45.1 Å². The van der Waals surface area contributed by atoms with E-state index in [1.165, 1.54) is 62.2 Å². The molecule has 0 heterocycles. The lowest BCUT2D eigenvalue weighted by molar-refractivity contribution is -0.574. The fraction of sp³-hybridized carbons (Fsp3) is 0.920. The van der Waals surface area contributed by atoms with Gasteiger partial charge in [-0.2, -0.15) is 0 Å². The molecule has 0 bridgehead atoms. The van der Waals surface area contributed by atoms with Crippen LogP contribution in [-0.4, -0.2) is 29.5 Å². The lowest BCUT2D eigenvalue weighted by Crippen LogP contribution is -2.91. The quantitative estimate of drug-likeness (QED) is 0.0610. The van der Waals surface area contributed by atoms with Gasteiger partial charge in [-0.3, -0.25) is 10.1 Å². The number of primary amides is 1. The highest BCUT2D eigenvalue weighted by molar-refractivity contribution is 14.1. The van der Waals surface area contributed by atoms with Crippen molar-refractivity contribution >= 4 is 34.5 Å². The largest absolute Gasteiger partial charge is 0.465 e. The van der Waals surface area contributed by atoms with Gasteiger partial charge in [-0.25, -0.2) is 4.79 Å². The summed E-state index contributed by atoms with van der Waals surface area (Å²) in [5, 5.41) is 1.76. The van der Waals surface area contributed by atoms with E-state index in [1.54, 1.807) is 5.32 Å². The Labute approximate surface area is 200 Å². The SMILES string of the molecule is CCCCCCCCCOC(=O)C(C)(CCCCCCI)C(=O)[NH2+]CCCCCC. The van der Waals surface area contributed by atoms with Gasteiger partial charge in [0, 0.05) is 0 Å². The zero-order chi connectivity index (χ0) is 22.5. The van der Waals surface area contributed by atoms with Crippen LogP contribution in [-0.2, 0) is 14.3 Å². The van der Waals surface area contributed by atoms with Crippen LogP contribution in [0.5, 0.6) is 0 Å². The number of halogens is 1. The molecule has 0 saturated carbocycles. The first-order chi connectivity index (χ1) is 14.5. The normalized spacial score (nSPS) is 13.2. The van der Waals surface area contributed by atoms with Crippen molar-refractivity contribution in [3.63, 3.8) is 0 Å². The van der Waals surface area contributed by atoms with Gasteiger partial charge in [0.15, 0.2) is 5.41 Å². The molecule has 0 aliphatic carbocycles. The van der Waals surface area contributed by atoms with Crippen molar-refractivity contribution in [1.82, 2.24) is 0 Å². The van der Waals surface area contributed by atoms with Crippen LogP contribution in [0.15, 0.2) is 0 Å². The Balaban J connectivity index is 4.46. The summed E-state index contributed by atoms with van der Waals surface area (Å²) in [5.74, 6) is -0.338. The number of alkyl halides is 1. The monoisotopic (exact) mass is 538 g/mol. The molecule has 4 nitrogen and oxygen atoms in total. The Morgan fingerprint density at radius 3 is 1.93 bits per heavy atom. The minimum Gasteiger partial charge on any atom is -0.465 e. The summed E-state index contributed by atoms with van der Waals surface area (Å²) in [7, 11) is 0. The van der Waals surface area contributed by atoms with Gasteiger partial charge in [0.2, 0.25) is 0 Å². The second-order valence-corrected chi connectivity index (χ2v) is 9.94. The number of ether oxygens (including phenoxy) is 1. The highest BCUT2D eigenvalue weighted by Gasteiger charge is 2.45. The number of rotatable bonds is 21. The Bertz CT molecular complexity index is 431. The van der Waals surface area contributed by atoms with E-state index in [0.29, 0.717) is 13.0 Å². The fourth-order valence-corrected chi connectivity index (χ4v) is 4.20. The number of unbranched alkanes of at least 4 members (excludes halogenated alkanes) is 12. The maximum atomic E-state index is 12.9. The van der Waals surface area contributed by atoms with Crippen LogP contribution in [0.2, 0.25) is 0 Å². The molecule has 178 valence electrons. The Morgan fingerprint density at radius 1 is 0.767 bits per heavy atom. The van der Waals surface area contributed by atoms with E-state index in [-0.39, 0.29) is 11.9 Å². The van der Waals surface area contributed by atoms with Crippen LogP contribution in [0.3, 0.4) is 0 Å². The molecule has 1 unspecified atom stereocenters. The molecule has 5 heteroatoms. The second kappa shape index (κ2) is 20.7. The minimum absolute atomic E-state index is 0.0301. The fourth-order valence-electron chi connectivity index (χ4n) is 3.67. The van der Waals surface area contributed by atoms with Gasteiger partial charge in [-0.15, -0.1) is 0 Å². The maximum absolute atomic E-state index is 12.9. The van der Waals surface area contributed by atoms with E-state index >= 15 is 0 Å². The molecule has 1 atom stereocenters. The molecule has 0 aliphatic rings. The van der Waals surface area contributed by atoms with Crippen molar-refractivity contribution in [2.75, 3.05) is 17.6 Å². The lowest BCUT2D eigenvalue weighted by atomic mass is 9.83. The van der Waals surface area contributed by atoms with E-state index in [4.69, 9.17) is 4.74 Å².